The second-order valence-electron chi connectivity index (χ2n) is 7.00. The minimum Gasteiger partial charge on any atom is -0.307 e. The van der Waals surface area contributed by atoms with E-state index >= 15 is 0 Å². The van der Waals surface area contributed by atoms with Crippen LogP contribution in [0, 0.1) is 11.8 Å². The zero-order valence-corrected chi connectivity index (χ0v) is 14.2. The van der Waals surface area contributed by atoms with E-state index in [1.165, 1.54) is 24.9 Å². The maximum atomic E-state index is 3.78. The van der Waals surface area contributed by atoms with Crippen molar-refractivity contribution in [3.8, 4) is 0 Å². The highest BCUT2D eigenvalue weighted by molar-refractivity contribution is 5.20. The Morgan fingerprint density at radius 3 is 2.52 bits per heavy atom. The molecule has 0 aromatic heterocycles. The van der Waals surface area contributed by atoms with Gasteiger partial charge in [0.25, 0.3) is 0 Å². The fourth-order valence-corrected chi connectivity index (χ4v) is 3.25. The SMILES string of the molecule is CCC(C)C1CNC(c2ccccc2)CN1CCC(C)C. The molecule has 0 aliphatic carbocycles. The largest absolute Gasteiger partial charge is 0.307 e. The van der Waals surface area contributed by atoms with Gasteiger partial charge in [0, 0.05) is 25.2 Å². The molecule has 0 spiro atoms. The van der Waals surface area contributed by atoms with E-state index < -0.39 is 0 Å². The standard InChI is InChI=1S/C19H32N2/c1-5-16(4)19-13-20-18(17-9-7-6-8-10-17)14-21(19)12-11-15(2)3/h6-10,15-16,18-20H,5,11-14H2,1-4H3. The van der Waals surface area contributed by atoms with E-state index in [9.17, 15) is 0 Å². The lowest BCUT2D eigenvalue weighted by Crippen LogP contribution is -2.55. The predicted octanol–water partition coefficient (Wildman–Crippen LogP) is 4.09. The quantitative estimate of drug-likeness (QED) is 0.848. The summed E-state index contributed by atoms with van der Waals surface area (Å²) in [6.45, 7) is 12.9. The molecule has 2 heteroatoms. The third kappa shape index (κ3) is 4.55. The van der Waals surface area contributed by atoms with E-state index in [0.717, 1.165) is 24.9 Å². The molecule has 1 saturated heterocycles. The van der Waals surface area contributed by atoms with Gasteiger partial charge in [-0.2, -0.15) is 0 Å². The van der Waals surface area contributed by atoms with Crippen molar-refractivity contribution in [2.75, 3.05) is 19.6 Å². The Bertz CT molecular complexity index is 401. The van der Waals surface area contributed by atoms with E-state index in [-0.39, 0.29) is 0 Å². The van der Waals surface area contributed by atoms with E-state index in [0.29, 0.717) is 12.1 Å². The second kappa shape index (κ2) is 7.95. The fraction of sp³-hybridized carbons (Fsp3) is 0.684. The van der Waals surface area contributed by atoms with Crippen LogP contribution in [-0.4, -0.2) is 30.6 Å². The highest BCUT2D eigenvalue weighted by atomic mass is 15.2. The van der Waals surface area contributed by atoms with Crippen molar-refractivity contribution in [2.45, 2.75) is 52.6 Å². The van der Waals surface area contributed by atoms with Crippen molar-refractivity contribution in [1.82, 2.24) is 10.2 Å². The average molecular weight is 288 g/mol. The molecule has 1 heterocycles. The normalized spacial score (nSPS) is 25.2. The summed E-state index contributed by atoms with van der Waals surface area (Å²) in [6.07, 6.45) is 2.56. The van der Waals surface area contributed by atoms with Crippen LogP contribution in [0.25, 0.3) is 0 Å². The minimum absolute atomic E-state index is 0.485. The summed E-state index contributed by atoms with van der Waals surface area (Å²) in [6, 6.07) is 12.1. The van der Waals surface area contributed by atoms with Gasteiger partial charge in [-0.1, -0.05) is 64.4 Å². The number of rotatable bonds is 6. The van der Waals surface area contributed by atoms with Gasteiger partial charge >= 0.3 is 0 Å². The molecule has 0 saturated carbocycles. The smallest absolute Gasteiger partial charge is 0.0449 e. The van der Waals surface area contributed by atoms with Crippen LogP contribution in [0.5, 0.6) is 0 Å². The van der Waals surface area contributed by atoms with Gasteiger partial charge in [0.2, 0.25) is 0 Å². The van der Waals surface area contributed by atoms with Crippen LogP contribution in [0.1, 0.15) is 52.1 Å². The summed E-state index contributed by atoms with van der Waals surface area (Å²) in [5.41, 5.74) is 1.43. The summed E-state index contributed by atoms with van der Waals surface area (Å²) >= 11 is 0. The number of nitrogens with zero attached hydrogens (tertiary/aromatic N) is 1. The first-order valence-corrected chi connectivity index (χ1v) is 8.64. The van der Waals surface area contributed by atoms with E-state index in [4.69, 9.17) is 0 Å². The van der Waals surface area contributed by atoms with Crippen molar-refractivity contribution in [2.24, 2.45) is 11.8 Å². The molecule has 1 aromatic rings. The molecule has 3 atom stereocenters. The Hall–Kier alpha value is -0.860. The molecular weight excluding hydrogens is 256 g/mol. The molecule has 1 aliphatic rings. The van der Waals surface area contributed by atoms with Gasteiger partial charge in [-0.25, -0.2) is 0 Å². The fourth-order valence-electron chi connectivity index (χ4n) is 3.25. The zero-order valence-electron chi connectivity index (χ0n) is 14.2. The Morgan fingerprint density at radius 1 is 1.19 bits per heavy atom. The molecule has 118 valence electrons. The van der Waals surface area contributed by atoms with Crippen LogP contribution in [0.4, 0.5) is 0 Å². The Kier molecular flexibility index (Phi) is 6.25. The molecule has 2 nitrogen and oxygen atoms in total. The number of hydrogen-bond donors (Lipinski definition) is 1. The molecule has 0 bridgehead atoms. The predicted molar refractivity (Wildman–Crippen MR) is 91.5 cm³/mol. The highest BCUT2D eigenvalue weighted by Gasteiger charge is 2.31. The van der Waals surface area contributed by atoms with Gasteiger partial charge in [-0.15, -0.1) is 0 Å². The second-order valence-corrected chi connectivity index (χ2v) is 7.00. The summed E-state index contributed by atoms with van der Waals surface area (Å²) in [5.74, 6) is 1.55. The molecule has 0 amide bonds. The number of hydrogen-bond acceptors (Lipinski definition) is 2. The average Bonchev–Trinajstić information content (AvgIpc) is 2.52. The number of nitrogens with one attached hydrogen (secondary N) is 1. The van der Waals surface area contributed by atoms with Crippen molar-refractivity contribution < 1.29 is 0 Å². The topological polar surface area (TPSA) is 15.3 Å². The summed E-state index contributed by atoms with van der Waals surface area (Å²) in [4.78, 5) is 2.74. The van der Waals surface area contributed by atoms with Crippen LogP contribution >= 0.6 is 0 Å². The van der Waals surface area contributed by atoms with Crippen molar-refractivity contribution in [3.05, 3.63) is 35.9 Å². The number of benzene rings is 1. The van der Waals surface area contributed by atoms with Crippen LogP contribution in [0.15, 0.2) is 30.3 Å². The lowest BCUT2D eigenvalue weighted by atomic mass is 9.92. The Balaban J connectivity index is 2.05. The number of piperazine rings is 1. The van der Waals surface area contributed by atoms with Gasteiger partial charge in [0.1, 0.15) is 0 Å². The Morgan fingerprint density at radius 2 is 1.90 bits per heavy atom. The third-order valence-electron chi connectivity index (χ3n) is 4.96. The summed E-state index contributed by atoms with van der Waals surface area (Å²) in [5, 5.41) is 3.78. The zero-order chi connectivity index (χ0) is 15.2. The van der Waals surface area contributed by atoms with Crippen LogP contribution in [0.2, 0.25) is 0 Å². The van der Waals surface area contributed by atoms with Gasteiger partial charge < -0.3 is 5.32 Å². The molecule has 0 radical (unpaired) electrons. The molecule has 3 unspecified atom stereocenters. The van der Waals surface area contributed by atoms with Crippen LogP contribution in [-0.2, 0) is 0 Å². The molecule has 1 fully saturated rings. The summed E-state index contributed by atoms with van der Waals surface area (Å²) in [7, 11) is 0. The van der Waals surface area contributed by atoms with Crippen molar-refractivity contribution >= 4 is 0 Å². The van der Waals surface area contributed by atoms with Gasteiger partial charge in [-0.05, 0) is 30.4 Å². The van der Waals surface area contributed by atoms with E-state index in [1.54, 1.807) is 0 Å². The maximum absolute atomic E-state index is 3.78. The van der Waals surface area contributed by atoms with Crippen LogP contribution in [0.3, 0.4) is 0 Å². The van der Waals surface area contributed by atoms with Gasteiger partial charge in [0.05, 0.1) is 0 Å². The first-order chi connectivity index (χ1) is 10.1. The van der Waals surface area contributed by atoms with Crippen molar-refractivity contribution in [1.29, 1.82) is 0 Å². The molecule has 2 rings (SSSR count). The highest BCUT2D eigenvalue weighted by Crippen LogP contribution is 2.25. The lowest BCUT2D eigenvalue weighted by Gasteiger charge is -2.43. The van der Waals surface area contributed by atoms with Crippen molar-refractivity contribution in [3.63, 3.8) is 0 Å². The maximum Gasteiger partial charge on any atom is 0.0449 e. The molecular formula is C19H32N2. The first kappa shape index (κ1) is 16.5. The van der Waals surface area contributed by atoms with Crippen LogP contribution < -0.4 is 5.32 Å². The Labute approximate surface area is 130 Å². The lowest BCUT2D eigenvalue weighted by molar-refractivity contribution is 0.0866. The molecule has 21 heavy (non-hydrogen) atoms. The molecule has 1 N–H and O–H groups in total. The molecule has 1 aromatic carbocycles. The third-order valence-corrected chi connectivity index (χ3v) is 4.96. The summed E-state index contributed by atoms with van der Waals surface area (Å²) < 4.78 is 0. The van der Waals surface area contributed by atoms with E-state index in [1.807, 2.05) is 0 Å². The molecule has 1 aliphatic heterocycles. The minimum atomic E-state index is 0.485. The first-order valence-electron chi connectivity index (χ1n) is 8.64. The van der Waals surface area contributed by atoms with Gasteiger partial charge in [0.15, 0.2) is 0 Å². The van der Waals surface area contributed by atoms with E-state index in [2.05, 4.69) is 68.2 Å². The van der Waals surface area contributed by atoms with Gasteiger partial charge in [-0.3, -0.25) is 4.90 Å². The monoisotopic (exact) mass is 288 g/mol.